The summed E-state index contributed by atoms with van der Waals surface area (Å²) in [5.41, 5.74) is 0.785. The van der Waals surface area contributed by atoms with Crippen LogP contribution in [0.4, 0.5) is 29.3 Å². The van der Waals surface area contributed by atoms with Crippen molar-refractivity contribution < 1.29 is 18.0 Å². The van der Waals surface area contributed by atoms with Gasteiger partial charge in [-0.3, -0.25) is 0 Å². The Hall–Kier alpha value is -2.02. The van der Waals surface area contributed by atoms with Crippen molar-refractivity contribution in [1.82, 2.24) is 0 Å². The topological polar surface area (TPSA) is 41.1 Å². The Morgan fingerprint density at radius 2 is 1.68 bits per heavy atom. The lowest BCUT2D eigenvalue weighted by molar-refractivity contribution is -0.137. The van der Waals surface area contributed by atoms with Gasteiger partial charge in [0.25, 0.3) is 0 Å². The molecule has 0 saturated carbocycles. The van der Waals surface area contributed by atoms with Crippen LogP contribution in [0, 0.1) is 6.92 Å². The number of alkyl halides is 3. The minimum atomic E-state index is -4.45. The molecule has 2 aromatic carbocycles. The van der Waals surface area contributed by atoms with Crippen LogP contribution in [0.25, 0.3) is 0 Å². The first-order valence-electron chi connectivity index (χ1n) is 6.27. The summed E-state index contributed by atoms with van der Waals surface area (Å²) in [6, 6.07) is 9.05. The first-order valence-corrected chi connectivity index (χ1v) is 7.06. The molecule has 0 atom stereocenters. The third-order valence-corrected chi connectivity index (χ3v) is 3.73. The van der Waals surface area contributed by atoms with Crippen LogP contribution in [0.2, 0.25) is 0 Å². The molecule has 22 heavy (non-hydrogen) atoms. The summed E-state index contributed by atoms with van der Waals surface area (Å²) in [7, 11) is 0. The van der Waals surface area contributed by atoms with Crippen LogP contribution in [0.15, 0.2) is 46.9 Å². The van der Waals surface area contributed by atoms with Gasteiger partial charge in [-0.2, -0.15) is 13.2 Å². The summed E-state index contributed by atoms with van der Waals surface area (Å²) in [6.07, 6.45) is -4.45. The van der Waals surface area contributed by atoms with Crippen molar-refractivity contribution >= 4 is 33.3 Å². The number of rotatable bonds is 2. The van der Waals surface area contributed by atoms with Gasteiger partial charge in [-0.25, -0.2) is 4.79 Å². The van der Waals surface area contributed by atoms with Crippen molar-refractivity contribution in [3.05, 3.63) is 58.1 Å². The van der Waals surface area contributed by atoms with E-state index >= 15 is 0 Å². The van der Waals surface area contributed by atoms with E-state index < -0.39 is 17.8 Å². The SMILES string of the molecule is Cc1ccc(NC(=O)Nc2cccc(C(F)(F)F)c2)cc1Br. The highest BCUT2D eigenvalue weighted by Crippen LogP contribution is 2.30. The zero-order chi connectivity index (χ0) is 16.3. The molecule has 0 spiro atoms. The van der Waals surface area contributed by atoms with Gasteiger partial charge in [0.2, 0.25) is 0 Å². The summed E-state index contributed by atoms with van der Waals surface area (Å²) in [6.45, 7) is 1.90. The quantitative estimate of drug-likeness (QED) is 0.725. The van der Waals surface area contributed by atoms with E-state index in [2.05, 4.69) is 26.6 Å². The Morgan fingerprint density at radius 1 is 1.05 bits per heavy atom. The number of amides is 2. The molecule has 0 bridgehead atoms. The molecule has 0 heterocycles. The van der Waals surface area contributed by atoms with E-state index in [0.29, 0.717) is 5.69 Å². The Labute approximate surface area is 133 Å². The molecule has 0 aromatic heterocycles. The van der Waals surface area contributed by atoms with Crippen molar-refractivity contribution in [2.45, 2.75) is 13.1 Å². The molecule has 0 unspecified atom stereocenters. The lowest BCUT2D eigenvalue weighted by atomic mass is 10.2. The number of hydrogen-bond acceptors (Lipinski definition) is 1. The first kappa shape index (κ1) is 16.4. The van der Waals surface area contributed by atoms with E-state index in [1.54, 1.807) is 12.1 Å². The van der Waals surface area contributed by atoms with Gasteiger partial charge in [-0.05, 0) is 42.8 Å². The minimum Gasteiger partial charge on any atom is -0.308 e. The number of nitrogens with one attached hydrogen (secondary N) is 2. The maximum Gasteiger partial charge on any atom is 0.416 e. The van der Waals surface area contributed by atoms with Crippen LogP contribution in [0.1, 0.15) is 11.1 Å². The number of anilines is 2. The number of aryl methyl sites for hydroxylation is 1. The third-order valence-electron chi connectivity index (χ3n) is 2.88. The fourth-order valence-corrected chi connectivity index (χ4v) is 2.12. The summed E-state index contributed by atoms with van der Waals surface area (Å²) >= 11 is 3.34. The molecule has 2 N–H and O–H groups in total. The number of carbonyl (C=O) groups is 1. The maximum atomic E-state index is 12.6. The minimum absolute atomic E-state index is 0.0681. The Balaban J connectivity index is 2.07. The fraction of sp³-hybridized carbons (Fsp3) is 0.133. The van der Waals surface area contributed by atoms with E-state index in [9.17, 15) is 18.0 Å². The summed E-state index contributed by atoms with van der Waals surface area (Å²) in [5, 5.41) is 4.93. The van der Waals surface area contributed by atoms with Gasteiger partial charge < -0.3 is 10.6 Å². The van der Waals surface area contributed by atoms with Crippen molar-refractivity contribution in [2.75, 3.05) is 10.6 Å². The van der Waals surface area contributed by atoms with E-state index in [4.69, 9.17) is 0 Å². The van der Waals surface area contributed by atoms with Gasteiger partial charge in [0, 0.05) is 15.8 Å². The van der Waals surface area contributed by atoms with Crippen molar-refractivity contribution in [3.8, 4) is 0 Å². The van der Waals surface area contributed by atoms with Crippen LogP contribution in [0.5, 0.6) is 0 Å². The molecule has 2 amide bonds. The van der Waals surface area contributed by atoms with Crippen molar-refractivity contribution in [3.63, 3.8) is 0 Å². The lowest BCUT2D eigenvalue weighted by Gasteiger charge is -2.11. The monoisotopic (exact) mass is 372 g/mol. The predicted molar refractivity (Wildman–Crippen MR) is 83.0 cm³/mol. The summed E-state index contributed by atoms with van der Waals surface area (Å²) in [5.74, 6) is 0. The average molecular weight is 373 g/mol. The largest absolute Gasteiger partial charge is 0.416 e. The second-order valence-corrected chi connectivity index (χ2v) is 5.48. The molecule has 0 aliphatic carbocycles. The summed E-state index contributed by atoms with van der Waals surface area (Å²) < 4.78 is 38.6. The molecular weight excluding hydrogens is 361 g/mol. The Bertz CT molecular complexity index is 701. The molecule has 2 rings (SSSR count). The zero-order valence-electron chi connectivity index (χ0n) is 11.5. The highest BCUT2D eigenvalue weighted by molar-refractivity contribution is 9.10. The number of halogens is 4. The molecule has 116 valence electrons. The standard InChI is InChI=1S/C15H12BrF3N2O/c1-9-5-6-12(8-13(9)16)21-14(22)20-11-4-2-3-10(7-11)15(17,18)19/h2-8H,1H3,(H2,20,21,22). The lowest BCUT2D eigenvalue weighted by Crippen LogP contribution is -2.19. The van der Waals surface area contributed by atoms with Gasteiger partial charge in [0.15, 0.2) is 0 Å². The number of urea groups is 1. The molecule has 0 radical (unpaired) electrons. The zero-order valence-corrected chi connectivity index (χ0v) is 13.0. The third kappa shape index (κ3) is 4.24. The molecule has 0 aliphatic rings. The molecule has 2 aromatic rings. The highest BCUT2D eigenvalue weighted by Gasteiger charge is 2.30. The van der Waals surface area contributed by atoms with Gasteiger partial charge in [-0.15, -0.1) is 0 Å². The molecule has 3 nitrogen and oxygen atoms in total. The number of benzene rings is 2. The van der Waals surface area contributed by atoms with Gasteiger partial charge in [0.05, 0.1) is 5.56 Å². The van der Waals surface area contributed by atoms with Crippen LogP contribution < -0.4 is 10.6 Å². The van der Waals surface area contributed by atoms with Gasteiger partial charge >= 0.3 is 12.2 Å². The molecule has 7 heteroatoms. The molecule has 0 aliphatic heterocycles. The average Bonchev–Trinajstić information content (AvgIpc) is 2.42. The van der Waals surface area contributed by atoms with Gasteiger partial charge in [-0.1, -0.05) is 28.1 Å². The highest BCUT2D eigenvalue weighted by atomic mass is 79.9. The second kappa shape index (κ2) is 6.39. The van der Waals surface area contributed by atoms with Crippen LogP contribution >= 0.6 is 15.9 Å². The van der Waals surface area contributed by atoms with Crippen molar-refractivity contribution in [2.24, 2.45) is 0 Å². The molecule has 0 fully saturated rings. The number of carbonyl (C=O) groups excluding carboxylic acids is 1. The second-order valence-electron chi connectivity index (χ2n) is 4.62. The van der Waals surface area contributed by atoms with E-state index in [-0.39, 0.29) is 5.69 Å². The Morgan fingerprint density at radius 3 is 2.27 bits per heavy atom. The van der Waals surface area contributed by atoms with E-state index in [0.717, 1.165) is 22.2 Å². The predicted octanol–water partition coefficient (Wildman–Crippen LogP) is 5.42. The normalized spacial score (nSPS) is 11.1. The smallest absolute Gasteiger partial charge is 0.308 e. The fourth-order valence-electron chi connectivity index (χ4n) is 1.74. The van der Waals surface area contributed by atoms with E-state index in [1.165, 1.54) is 12.1 Å². The van der Waals surface area contributed by atoms with Crippen LogP contribution in [-0.2, 0) is 6.18 Å². The maximum absolute atomic E-state index is 12.6. The number of hydrogen-bond donors (Lipinski definition) is 2. The van der Waals surface area contributed by atoms with Gasteiger partial charge in [0.1, 0.15) is 0 Å². The molecule has 0 saturated heterocycles. The van der Waals surface area contributed by atoms with Crippen molar-refractivity contribution in [1.29, 1.82) is 0 Å². The van der Waals surface area contributed by atoms with Crippen LogP contribution in [-0.4, -0.2) is 6.03 Å². The molecular formula is C15H12BrF3N2O. The first-order chi connectivity index (χ1) is 10.3. The Kier molecular flexibility index (Phi) is 4.75. The van der Waals surface area contributed by atoms with Crippen LogP contribution in [0.3, 0.4) is 0 Å². The summed E-state index contributed by atoms with van der Waals surface area (Å²) in [4.78, 5) is 11.8. The van der Waals surface area contributed by atoms with E-state index in [1.807, 2.05) is 13.0 Å².